The fourth-order valence-electron chi connectivity index (χ4n) is 4.97. The summed E-state index contributed by atoms with van der Waals surface area (Å²) in [5.74, 6) is 1.13. The van der Waals surface area contributed by atoms with Gasteiger partial charge in [-0.15, -0.1) is 0 Å². The van der Waals surface area contributed by atoms with Crippen molar-refractivity contribution in [3.63, 3.8) is 0 Å². The molecule has 9 nitrogen and oxygen atoms in total. The summed E-state index contributed by atoms with van der Waals surface area (Å²) in [5, 5.41) is 2.84. The van der Waals surface area contributed by atoms with Crippen LogP contribution in [0.3, 0.4) is 0 Å². The van der Waals surface area contributed by atoms with E-state index in [0.29, 0.717) is 61.3 Å². The van der Waals surface area contributed by atoms with E-state index in [1.807, 2.05) is 111 Å². The molecule has 2 aliphatic rings. The van der Waals surface area contributed by atoms with Crippen molar-refractivity contribution in [2.75, 3.05) is 18.1 Å². The van der Waals surface area contributed by atoms with Crippen LogP contribution in [0.5, 0.6) is 11.5 Å². The number of esters is 1. The largest absolute Gasteiger partial charge is 0.485 e. The van der Waals surface area contributed by atoms with E-state index in [9.17, 15) is 9.59 Å². The number of nitrogens with zero attached hydrogens (tertiary/aromatic N) is 2. The monoisotopic (exact) mass is 597 g/mol. The normalized spacial score (nSPS) is 15.6. The molecule has 0 saturated carbocycles. The summed E-state index contributed by atoms with van der Waals surface area (Å²) in [5.41, 5.74) is 3.18. The average Bonchev–Trinajstić information content (AvgIpc) is 3.01. The maximum atomic E-state index is 13.6. The Labute approximate surface area is 258 Å². The van der Waals surface area contributed by atoms with Gasteiger partial charge in [-0.05, 0) is 56.9 Å². The molecule has 1 amide bonds. The molecule has 0 bridgehead atoms. The molecule has 3 aromatic carbocycles. The zero-order valence-electron chi connectivity index (χ0n) is 25.7. The molecule has 1 N–H and O–H groups in total. The van der Waals surface area contributed by atoms with E-state index in [1.54, 1.807) is 0 Å². The molecule has 9 heteroatoms. The first kappa shape index (κ1) is 30.7. The summed E-state index contributed by atoms with van der Waals surface area (Å²) >= 11 is 0. The van der Waals surface area contributed by atoms with E-state index >= 15 is 0 Å². The number of hydrogen-bond acceptors (Lipinski definition) is 8. The van der Waals surface area contributed by atoms with Gasteiger partial charge in [0, 0.05) is 18.2 Å². The second-order valence-electron chi connectivity index (χ2n) is 11.6. The summed E-state index contributed by atoms with van der Waals surface area (Å²) in [6.45, 7) is 8.78. The first-order valence-electron chi connectivity index (χ1n) is 15.0. The number of carbonyl (C=O) groups excluding carboxylic acids is 2. The van der Waals surface area contributed by atoms with Gasteiger partial charge in [-0.25, -0.2) is 9.59 Å². The molecule has 0 aromatic heterocycles. The lowest BCUT2D eigenvalue weighted by atomic mass is 9.98. The summed E-state index contributed by atoms with van der Waals surface area (Å²) in [7, 11) is 0. The second kappa shape index (κ2) is 13.7. The van der Waals surface area contributed by atoms with E-state index in [4.69, 9.17) is 23.9 Å². The van der Waals surface area contributed by atoms with Crippen LogP contribution in [0.1, 0.15) is 57.2 Å². The molecule has 0 fully saturated rings. The first-order chi connectivity index (χ1) is 21.2. The molecule has 230 valence electrons. The molecule has 1 atom stereocenters. The van der Waals surface area contributed by atoms with E-state index in [0.717, 1.165) is 16.7 Å². The quantitative estimate of drug-likeness (QED) is 0.261. The minimum Gasteiger partial charge on any atom is -0.485 e. The number of amidine groups is 1. The predicted octanol–water partition coefficient (Wildman–Crippen LogP) is 6.65. The maximum absolute atomic E-state index is 13.6. The Morgan fingerprint density at radius 1 is 0.932 bits per heavy atom. The highest BCUT2D eigenvalue weighted by molar-refractivity contribution is 6.19. The van der Waals surface area contributed by atoms with Crippen LogP contribution in [-0.2, 0) is 27.5 Å². The Bertz CT molecular complexity index is 1530. The van der Waals surface area contributed by atoms with E-state index in [-0.39, 0.29) is 12.6 Å². The minimum absolute atomic E-state index is 0.284. The van der Waals surface area contributed by atoms with Gasteiger partial charge in [0.2, 0.25) is 0 Å². The Morgan fingerprint density at radius 2 is 1.55 bits per heavy atom. The lowest BCUT2D eigenvalue weighted by Crippen LogP contribution is -2.53. The highest BCUT2D eigenvalue weighted by Gasteiger charge is 2.40. The zero-order chi connectivity index (χ0) is 31.1. The van der Waals surface area contributed by atoms with Crippen molar-refractivity contribution < 1.29 is 28.5 Å². The molecule has 44 heavy (non-hydrogen) atoms. The number of amides is 1. The number of aliphatic imine (C=N–C) groups is 1. The molecule has 2 aliphatic heterocycles. The van der Waals surface area contributed by atoms with Gasteiger partial charge in [-0.3, -0.25) is 10.3 Å². The smallest absolute Gasteiger partial charge is 0.411 e. The lowest BCUT2D eigenvalue weighted by molar-refractivity contribution is -0.156. The number of benzene rings is 3. The van der Waals surface area contributed by atoms with Crippen LogP contribution >= 0.6 is 0 Å². The summed E-state index contributed by atoms with van der Waals surface area (Å²) in [4.78, 5) is 32.8. The van der Waals surface area contributed by atoms with Crippen LogP contribution < -0.4 is 19.7 Å². The lowest BCUT2D eigenvalue weighted by Gasteiger charge is -2.40. The van der Waals surface area contributed by atoms with Gasteiger partial charge in [-0.2, -0.15) is 0 Å². The fraction of sp³-hybridized carbons (Fsp3) is 0.343. The van der Waals surface area contributed by atoms with Crippen LogP contribution in [0, 0.1) is 0 Å². The van der Waals surface area contributed by atoms with Gasteiger partial charge < -0.3 is 23.8 Å². The van der Waals surface area contributed by atoms with Crippen molar-refractivity contribution in [3.8, 4) is 11.5 Å². The van der Waals surface area contributed by atoms with Gasteiger partial charge in [0.05, 0.1) is 18.0 Å². The Kier molecular flexibility index (Phi) is 9.53. The van der Waals surface area contributed by atoms with Gasteiger partial charge in [-0.1, -0.05) is 67.6 Å². The highest BCUT2D eigenvalue weighted by Crippen LogP contribution is 2.42. The van der Waals surface area contributed by atoms with Crippen molar-refractivity contribution in [1.82, 2.24) is 5.32 Å². The SMILES string of the molecule is CCCOC(=O)NC1=Cc2cc(OCc3ccccc3)c(OCc3ccccc3)cc2N2C1=NCCC2C(=O)OC(C)(C)C. The summed E-state index contributed by atoms with van der Waals surface area (Å²) in [6.07, 6.45) is 2.37. The number of hydrogen-bond donors (Lipinski definition) is 1. The Morgan fingerprint density at radius 3 is 2.14 bits per heavy atom. The predicted molar refractivity (Wildman–Crippen MR) is 170 cm³/mol. The number of carbonyl (C=O) groups is 2. The average molecular weight is 598 g/mol. The number of nitrogens with one attached hydrogen (secondary N) is 1. The number of ether oxygens (including phenoxy) is 4. The number of alkyl carbamates (subject to hydrolysis) is 1. The summed E-state index contributed by atoms with van der Waals surface area (Å²) < 4.78 is 23.8. The number of fused-ring (bicyclic) bond motifs is 3. The standard InChI is InChI=1S/C35H39N3O6/c1-5-18-41-34(40)37-27-19-26-20-30(42-22-24-12-8-6-9-13-24)31(43-23-25-14-10-7-11-15-25)21-29(26)38-28(16-17-36-32(27)38)33(39)44-35(2,3)4/h6-15,19-21,28H,5,16-18,22-23H2,1-4H3,(H,37,40). The van der Waals surface area contributed by atoms with E-state index < -0.39 is 17.7 Å². The molecule has 0 radical (unpaired) electrons. The second-order valence-corrected chi connectivity index (χ2v) is 11.6. The topological polar surface area (TPSA) is 98.7 Å². The van der Waals surface area contributed by atoms with Crippen LogP contribution in [0.25, 0.3) is 6.08 Å². The van der Waals surface area contributed by atoms with Crippen molar-refractivity contribution in [2.24, 2.45) is 4.99 Å². The van der Waals surface area contributed by atoms with Crippen molar-refractivity contribution in [3.05, 3.63) is 95.2 Å². The minimum atomic E-state index is -0.676. The highest BCUT2D eigenvalue weighted by atomic mass is 16.6. The van der Waals surface area contributed by atoms with Crippen LogP contribution in [0.4, 0.5) is 10.5 Å². The molecule has 1 unspecified atom stereocenters. The van der Waals surface area contributed by atoms with Gasteiger partial charge >= 0.3 is 12.1 Å². The van der Waals surface area contributed by atoms with E-state index in [1.165, 1.54) is 0 Å². The molecular formula is C35H39N3O6. The molecule has 0 aliphatic carbocycles. The Balaban J connectivity index is 1.57. The third-order valence-corrected chi connectivity index (χ3v) is 6.92. The van der Waals surface area contributed by atoms with Crippen LogP contribution in [0.2, 0.25) is 0 Å². The van der Waals surface area contributed by atoms with Crippen LogP contribution in [-0.4, -0.2) is 42.7 Å². The number of anilines is 1. The van der Waals surface area contributed by atoms with Crippen molar-refractivity contribution in [1.29, 1.82) is 0 Å². The maximum Gasteiger partial charge on any atom is 0.411 e. The fourth-order valence-corrected chi connectivity index (χ4v) is 4.97. The molecular weight excluding hydrogens is 558 g/mol. The van der Waals surface area contributed by atoms with Gasteiger partial charge in [0.1, 0.15) is 24.9 Å². The zero-order valence-corrected chi connectivity index (χ0v) is 25.7. The Hall–Kier alpha value is -4.79. The third-order valence-electron chi connectivity index (χ3n) is 6.92. The molecule has 0 spiro atoms. The molecule has 2 heterocycles. The molecule has 0 saturated heterocycles. The van der Waals surface area contributed by atoms with Gasteiger partial charge in [0.25, 0.3) is 0 Å². The van der Waals surface area contributed by atoms with Crippen molar-refractivity contribution in [2.45, 2.75) is 65.4 Å². The third kappa shape index (κ3) is 7.58. The van der Waals surface area contributed by atoms with E-state index in [2.05, 4.69) is 5.32 Å². The van der Waals surface area contributed by atoms with Gasteiger partial charge in [0.15, 0.2) is 17.3 Å². The van der Waals surface area contributed by atoms with Crippen molar-refractivity contribution >= 4 is 29.7 Å². The molecule has 5 rings (SSSR count). The molecule has 3 aromatic rings. The number of rotatable bonds is 10. The first-order valence-corrected chi connectivity index (χ1v) is 15.0. The summed E-state index contributed by atoms with van der Waals surface area (Å²) in [6, 6.07) is 22.8. The van der Waals surface area contributed by atoms with Crippen LogP contribution in [0.15, 0.2) is 83.5 Å².